The van der Waals surface area contributed by atoms with Crippen molar-refractivity contribution in [2.24, 2.45) is 0 Å². The lowest BCUT2D eigenvalue weighted by Crippen LogP contribution is -2.35. The zero-order valence-corrected chi connectivity index (χ0v) is 13.4. The van der Waals surface area contributed by atoms with Crippen LogP contribution < -0.4 is 0 Å². The van der Waals surface area contributed by atoms with Gasteiger partial charge >= 0.3 is 0 Å². The number of likely N-dealkylation sites (N-methyl/N-ethyl adjacent to an activating group) is 1. The van der Waals surface area contributed by atoms with E-state index in [-0.39, 0.29) is 0 Å². The maximum atomic E-state index is 4.54. The molecule has 0 N–H and O–H groups in total. The van der Waals surface area contributed by atoms with Crippen LogP contribution >= 0.6 is 12.6 Å². The highest BCUT2D eigenvalue weighted by Crippen LogP contribution is 2.18. The molecule has 1 unspecified atom stereocenters. The van der Waals surface area contributed by atoms with E-state index < -0.39 is 0 Å². The SMILES string of the molecule is CCCN(CCN(C)C)CC(CS)c1ccccc1. The van der Waals surface area contributed by atoms with Gasteiger partial charge in [-0.25, -0.2) is 0 Å². The van der Waals surface area contributed by atoms with Crippen LogP contribution in [0.25, 0.3) is 0 Å². The van der Waals surface area contributed by atoms with Gasteiger partial charge in [-0.05, 0) is 38.4 Å². The van der Waals surface area contributed by atoms with Crippen molar-refractivity contribution in [2.75, 3.05) is 46.0 Å². The first kappa shape index (κ1) is 16.5. The van der Waals surface area contributed by atoms with E-state index in [0.29, 0.717) is 5.92 Å². The Kier molecular flexibility index (Phi) is 8.19. The molecule has 1 aromatic carbocycles. The highest BCUT2D eigenvalue weighted by molar-refractivity contribution is 7.80. The summed E-state index contributed by atoms with van der Waals surface area (Å²) in [5, 5.41) is 0. The maximum Gasteiger partial charge on any atom is 0.0109 e. The molecule has 0 aromatic heterocycles. The van der Waals surface area contributed by atoms with Crippen LogP contribution in [0.3, 0.4) is 0 Å². The van der Waals surface area contributed by atoms with Gasteiger partial charge in [0.25, 0.3) is 0 Å². The smallest absolute Gasteiger partial charge is 0.0109 e. The predicted octanol–water partition coefficient (Wildman–Crippen LogP) is 2.97. The Labute approximate surface area is 124 Å². The topological polar surface area (TPSA) is 6.48 Å². The second-order valence-electron chi connectivity index (χ2n) is 5.39. The lowest BCUT2D eigenvalue weighted by atomic mass is 10.0. The Balaban J connectivity index is 2.59. The van der Waals surface area contributed by atoms with Gasteiger partial charge in [0.15, 0.2) is 0 Å². The summed E-state index contributed by atoms with van der Waals surface area (Å²) in [6.07, 6.45) is 1.21. The average Bonchev–Trinajstić information content (AvgIpc) is 2.42. The first-order chi connectivity index (χ1) is 9.17. The van der Waals surface area contributed by atoms with Gasteiger partial charge in [-0.15, -0.1) is 0 Å². The van der Waals surface area contributed by atoms with Crippen LogP contribution in [0, 0.1) is 0 Å². The second kappa shape index (κ2) is 9.40. The molecule has 108 valence electrons. The summed E-state index contributed by atoms with van der Waals surface area (Å²) in [5.41, 5.74) is 1.41. The standard InChI is InChI=1S/C16H28N2S/c1-4-10-18(12-11-17(2)3)13-16(14-19)15-8-6-5-7-9-15/h5-9,16,19H,4,10-14H2,1-3H3. The van der Waals surface area contributed by atoms with Crippen LogP contribution in [0.5, 0.6) is 0 Å². The number of nitrogens with zero attached hydrogens (tertiary/aromatic N) is 2. The Bertz CT molecular complexity index is 327. The van der Waals surface area contributed by atoms with E-state index in [9.17, 15) is 0 Å². The van der Waals surface area contributed by atoms with Crippen molar-refractivity contribution in [2.45, 2.75) is 19.3 Å². The van der Waals surface area contributed by atoms with E-state index in [2.05, 4.69) is 73.8 Å². The Morgan fingerprint density at radius 1 is 1.05 bits per heavy atom. The highest BCUT2D eigenvalue weighted by atomic mass is 32.1. The van der Waals surface area contributed by atoms with E-state index in [1.807, 2.05) is 0 Å². The Morgan fingerprint density at radius 2 is 1.74 bits per heavy atom. The molecule has 0 radical (unpaired) electrons. The highest BCUT2D eigenvalue weighted by Gasteiger charge is 2.14. The van der Waals surface area contributed by atoms with Crippen molar-refractivity contribution in [1.82, 2.24) is 9.80 Å². The lowest BCUT2D eigenvalue weighted by Gasteiger charge is -2.28. The molecule has 2 nitrogen and oxygen atoms in total. The van der Waals surface area contributed by atoms with Gasteiger partial charge < -0.3 is 9.80 Å². The molecule has 3 heteroatoms. The molecule has 0 aliphatic carbocycles. The minimum Gasteiger partial charge on any atom is -0.308 e. The Morgan fingerprint density at radius 3 is 2.26 bits per heavy atom. The molecule has 1 atom stereocenters. The van der Waals surface area contributed by atoms with Gasteiger partial charge in [0.05, 0.1) is 0 Å². The van der Waals surface area contributed by atoms with Crippen molar-refractivity contribution in [3.8, 4) is 0 Å². The molecule has 0 amide bonds. The normalized spacial score (nSPS) is 13.2. The molecule has 0 saturated carbocycles. The third kappa shape index (κ3) is 6.46. The minimum absolute atomic E-state index is 0.526. The second-order valence-corrected chi connectivity index (χ2v) is 5.76. The number of hydrogen-bond acceptors (Lipinski definition) is 3. The summed E-state index contributed by atoms with van der Waals surface area (Å²) in [4.78, 5) is 4.81. The summed E-state index contributed by atoms with van der Waals surface area (Å²) in [6.45, 7) is 6.78. The molecule has 0 heterocycles. The molecular formula is C16H28N2S. The number of thiol groups is 1. The van der Waals surface area contributed by atoms with Crippen LogP contribution in [-0.2, 0) is 0 Å². The van der Waals surface area contributed by atoms with Crippen LogP contribution in [0.4, 0.5) is 0 Å². The van der Waals surface area contributed by atoms with Gasteiger partial charge in [0, 0.05) is 25.6 Å². The first-order valence-electron chi connectivity index (χ1n) is 7.20. The molecule has 0 aliphatic heterocycles. The molecule has 0 spiro atoms. The number of hydrogen-bond donors (Lipinski definition) is 1. The zero-order valence-electron chi connectivity index (χ0n) is 12.5. The summed E-state index contributed by atoms with van der Waals surface area (Å²) >= 11 is 4.54. The van der Waals surface area contributed by atoms with Crippen LogP contribution in [0.1, 0.15) is 24.8 Å². The van der Waals surface area contributed by atoms with Gasteiger partial charge in [0.1, 0.15) is 0 Å². The quantitative estimate of drug-likeness (QED) is 0.695. The lowest BCUT2D eigenvalue weighted by molar-refractivity contribution is 0.232. The van der Waals surface area contributed by atoms with E-state index in [1.165, 1.54) is 18.5 Å². The molecule has 0 saturated heterocycles. The first-order valence-corrected chi connectivity index (χ1v) is 7.83. The molecule has 0 aliphatic rings. The number of rotatable bonds is 9. The number of benzene rings is 1. The van der Waals surface area contributed by atoms with E-state index in [4.69, 9.17) is 0 Å². The summed E-state index contributed by atoms with van der Waals surface area (Å²) in [7, 11) is 4.27. The summed E-state index contributed by atoms with van der Waals surface area (Å²) < 4.78 is 0. The predicted molar refractivity (Wildman–Crippen MR) is 88.3 cm³/mol. The van der Waals surface area contributed by atoms with Gasteiger partial charge in [0.2, 0.25) is 0 Å². The van der Waals surface area contributed by atoms with Crippen LogP contribution in [-0.4, -0.2) is 55.8 Å². The maximum absolute atomic E-state index is 4.54. The fourth-order valence-electron chi connectivity index (χ4n) is 2.26. The average molecular weight is 280 g/mol. The third-order valence-electron chi connectivity index (χ3n) is 3.37. The zero-order chi connectivity index (χ0) is 14.1. The molecule has 0 fully saturated rings. The van der Waals surface area contributed by atoms with Gasteiger partial charge in [-0.3, -0.25) is 0 Å². The van der Waals surface area contributed by atoms with E-state index in [1.54, 1.807) is 0 Å². The third-order valence-corrected chi connectivity index (χ3v) is 3.81. The minimum atomic E-state index is 0.526. The molecule has 1 rings (SSSR count). The van der Waals surface area contributed by atoms with E-state index >= 15 is 0 Å². The largest absolute Gasteiger partial charge is 0.308 e. The van der Waals surface area contributed by atoms with Crippen LogP contribution in [0.15, 0.2) is 30.3 Å². The molecular weight excluding hydrogens is 252 g/mol. The van der Waals surface area contributed by atoms with Crippen molar-refractivity contribution >= 4 is 12.6 Å². The Hall–Kier alpha value is -0.510. The van der Waals surface area contributed by atoms with Crippen molar-refractivity contribution in [3.63, 3.8) is 0 Å². The summed E-state index contributed by atoms with van der Waals surface area (Å²) in [5.74, 6) is 1.44. The van der Waals surface area contributed by atoms with Gasteiger partial charge in [-0.1, -0.05) is 37.3 Å². The molecule has 1 aromatic rings. The van der Waals surface area contributed by atoms with Crippen molar-refractivity contribution in [3.05, 3.63) is 35.9 Å². The van der Waals surface area contributed by atoms with E-state index in [0.717, 1.165) is 25.4 Å². The fourth-order valence-corrected chi connectivity index (χ4v) is 2.58. The monoisotopic (exact) mass is 280 g/mol. The molecule has 0 bridgehead atoms. The fraction of sp³-hybridized carbons (Fsp3) is 0.625. The van der Waals surface area contributed by atoms with Gasteiger partial charge in [-0.2, -0.15) is 12.6 Å². The summed E-state index contributed by atoms with van der Waals surface area (Å²) in [6, 6.07) is 10.8. The molecule has 19 heavy (non-hydrogen) atoms. The van der Waals surface area contributed by atoms with Crippen molar-refractivity contribution < 1.29 is 0 Å². The van der Waals surface area contributed by atoms with Crippen LogP contribution in [0.2, 0.25) is 0 Å². The van der Waals surface area contributed by atoms with Crippen molar-refractivity contribution in [1.29, 1.82) is 0 Å².